The molecule has 1 aromatic heterocycles. The number of carbonyl (C=O) groups excluding carboxylic acids is 2. The second-order valence-corrected chi connectivity index (χ2v) is 4.61. The van der Waals surface area contributed by atoms with E-state index in [1.165, 1.54) is 18.2 Å². The van der Waals surface area contributed by atoms with Gasteiger partial charge in [-0.1, -0.05) is 12.1 Å². The lowest BCUT2D eigenvalue weighted by Crippen LogP contribution is -2.30. The fourth-order valence-corrected chi connectivity index (χ4v) is 2.17. The summed E-state index contributed by atoms with van der Waals surface area (Å²) in [4.78, 5) is 31.6. The molecule has 2 heterocycles. The number of alkyl halides is 3. The van der Waals surface area contributed by atoms with Crippen molar-refractivity contribution >= 4 is 11.8 Å². The fraction of sp³-hybridized carbons (Fsp3) is 0.143. The van der Waals surface area contributed by atoms with Crippen LogP contribution >= 0.6 is 0 Å². The van der Waals surface area contributed by atoms with E-state index in [9.17, 15) is 22.8 Å². The van der Waals surface area contributed by atoms with Crippen LogP contribution in [0.15, 0.2) is 36.5 Å². The third-order valence-corrected chi connectivity index (χ3v) is 3.17. The van der Waals surface area contributed by atoms with E-state index in [4.69, 9.17) is 0 Å². The van der Waals surface area contributed by atoms with Crippen molar-refractivity contribution < 1.29 is 22.8 Å². The maximum atomic E-state index is 12.6. The predicted molar refractivity (Wildman–Crippen MR) is 67.7 cm³/mol. The summed E-state index contributed by atoms with van der Waals surface area (Å²) < 4.78 is 37.7. The van der Waals surface area contributed by atoms with E-state index in [1.54, 1.807) is 12.1 Å². The van der Waals surface area contributed by atoms with Crippen LogP contribution in [0.4, 0.5) is 13.2 Å². The molecule has 2 aromatic rings. The standard InChI is InChI=1S/C14H8F3N3O2/c15-14(16,17)13-18-6-5-8(19-13)7-20-11(21)9-3-1-2-4-10(9)12(20)22/h1-6H,7H2. The Hall–Kier alpha value is -2.77. The number of benzene rings is 1. The summed E-state index contributed by atoms with van der Waals surface area (Å²) >= 11 is 0. The Bertz CT molecular complexity index is 739. The maximum Gasteiger partial charge on any atom is 0.451 e. The molecular weight excluding hydrogens is 299 g/mol. The Morgan fingerprint density at radius 3 is 2.14 bits per heavy atom. The number of imide groups is 1. The Morgan fingerprint density at radius 2 is 1.59 bits per heavy atom. The molecule has 0 saturated carbocycles. The van der Waals surface area contributed by atoms with E-state index in [0.29, 0.717) is 0 Å². The van der Waals surface area contributed by atoms with Gasteiger partial charge in [-0.05, 0) is 18.2 Å². The number of fused-ring (bicyclic) bond motifs is 1. The lowest BCUT2D eigenvalue weighted by molar-refractivity contribution is -0.145. The largest absolute Gasteiger partial charge is 0.451 e. The first-order chi connectivity index (χ1) is 10.4. The van der Waals surface area contributed by atoms with Crippen LogP contribution in [0.5, 0.6) is 0 Å². The van der Waals surface area contributed by atoms with Crippen LogP contribution in [0.25, 0.3) is 0 Å². The van der Waals surface area contributed by atoms with Gasteiger partial charge >= 0.3 is 6.18 Å². The topological polar surface area (TPSA) is 63.2 Å². The summed E-state index contributed by atoms with van der Waals surface area (Å²) in [5, 5.41) is 0. The number of amides is 2. The molecule has 8 heteroatoms. The molecule has 5 nitrogen and oxygen atoms in total. The van der Waals surface area contributed by atoms with E-state index < -0.39 is 23.8 Å². The molecule has 112 valence electrons. The smallest absolute Gasteiger partial charge is 0.269 e. The van der Waals surface area contributed by atoms with Crippen molar-refractivity contribution in [1.82, 2.24) is 14.9 Å². The highest BCUT2D eigenvalue weighted by Gasteiger charge is 2.37. The summed E-state index contributed by atoms with van der Waals surface area (Å²) in [5.74, 6) is -2.40. The minimum atomic E-state index is -4.68. The normalized spacial score (nSPS) is 14.4. The molecule has 0 unspecified atom stereocenters. The van der Waals surface area contributed by atoms with Crippen LogP contribution < -0.4 is 0 Å². The van der Waals surface area contributed by atoms with Gasteiger partial charge in [0.2, 0.25) is 5.82 Å². The van der Waals surface area contributed by atoms with E-state index in [0.717, 1.165) is 11.1 Å². The van der Waals surface area contributed by atoms with Gasteiger partial charge in [0.15, 0.2) is 0 Å². The van der Waals surface area contributed by atoms with Crippen molar-refractivity contribution in [3.05, 3.63) is 59.2 Å². The Balaban J connectivity index is 1.89. The Kier molecular flexibility index (Phi) is 3.16. The molecule has 2 amide bonds. The highest BCUT2D eigenvalue weighted by atomic mass is 19.4. The molecule has 0 saturated heterocycles. The van der Waals surface area contributed by atoms with Gasteiger partial charge in [0.1, 0.15) is 0 Å². The third-order valence-electron chi connectivity index (χ3n) is 3.17. The summed E-state index contributed by atoms with van der Waals surface area (Å²) in [6.45, 7) is -0.335. The first kappa shape index (κ1) is 14.2. The number of nitrogens with zero attached hydrogens (tertiary/aromatic N) is 3. The monoisotopic (exact) mass is 307 g/mol. The number of hydrogen-bond donors (Lipinski definition) is 0. The molecular formula is C14H8F3N3O2. The minimum absolute atomic E-state index is 0.0585. The molecule has 0 spiro atoms. The number of aromatic nitrogens is 2. The molecule has 3 rings (SSSR count). The summed E-state index contributed by atoms with van der Waals surface area (Å²) in [5.41, 5.74) is 0.409. The zero-order chi connectivity index (χ0) is 15.9. The average Bonchev–Trinajstić information content (AvgIpc) is 2.72. The molecule has 0 N–H and O–H groups in total. The maximum absolute atomic E-state index is 12.6. The quantitative estimate of drug-likeness (QED) is 0.799. The predicted octanol–water partition coefficient (Wildman–Crippen LogP) is 2.29. The summed E-state index contributed by atoms with van der Waals surface area (Å²) in [7, 11) is 0. The number of halogens is 3. The lowest BCUT2D eigenvalue weighted by Gasteiger charge is -2.14. The molecule has 22 heavy (non-hydrogen) atoms. The highest BCUT2D eigenvalue weighted by Crippen LogP contribution is 2.27. The van der Waals surface area contributed by atoms with Gasteiger partial charge in [0.05, 0.1) is 23.4 Å². The average molecular weight is 307 g/mol. The van der Waals surface area contributed by atoms with E-state index >= 15 is 0 Å². The second kappa shape index (κ2) is 4.90. The Morgan fingerprint density at radius 1 is 1.00 bits per heavy atom. The van der Waals surface area contributed by atoms with Crippen molar-refractivity contribution in [3.63, 3.8) is 0 Å². The number of rotatable bonds is 2. The number of hydrogen-bond acceptors (Lipinski definition) is 4. The van der Waals surface area contributed by atoms with Gasteiger partial charge in [0.25, 0.3) is 11.8 Å². The van der Waals surface area contributed by atoms with Crippen LogP contribution in [0.1, 0.15) is 32.2 Å². The van der Waals surface area contributed by atoms with Crippen molar-refractivity contribution in [2.75, 3.05) is 0 Å². The molecule has 1 aliphatic heterocycles. The van der Waals surface area contributed by atoms with Crippen molar-refractivity contribution in [2.24, 2.45) is 0 Å². The van der Waals surface area contributed by atoms with Gasteiger partial charge < -0.3 is 0 Å². The first-order valence-corrected chi connectivity index (χ1v) is 6.22. The van der Waals surface area contributed by atoms with E-state index in [1.807, 2.05) is 0 Å². The van der Waals surface area contributed by atoms with Crippen molar-refractivity contribution in [3.8, 4) is 0 Å². The minimum Gasteiger partial charge on any atom is -0.269 e. The molecule has 0 aliphatic carbocycles. The zero-order valence-corrected chi connectivity index (χ0v) is 11.0. The molecule has 0 radical (unpaired) electrons. The van der Waals surface area contributed by atoms with Crippen LogP contribution in [0.2, 0.25) is 0 Å². The highest BCUT2D eigenvalue weighted by molar-refractivity contribution is 6.21. The SMILES string of the molecule is O=C1c2ccccc2C(=O)N1Cc1ccnc(C(F)(F)F)n1. The second-order valence-electron chi connectivity index (χ2n) is 4.61. The van der Waals surface area contributed by atoms with Gasteiger partial charge in [-0.15, -0.1) is 0 Å². The number of carbonyl (C=O) groups is 2. The van der Waals surface area contributed by atoms with Gasteiger partial charge in [0, 0.05) is 6.20 Å². The Labute approximate surface area is 122 Å². The van der Waals surface area contributed by atoms with Crippen molar-refractivity contribution in [1.29, 1.82) is 0 Å². The summed E-state index contributed by atoms with van der Waals surface area (Å²) in [6, 6.07) is 7.45. The lowest BCUT2D eigenvalue weighted by atomic mass is 10.1. The van der Waals surface area contributed by atoms with Gasteiger partial charge in [-0.2, -0.15) is 13.2 Å². The molecule has 0 bridgehead atoms. The van der Waals surface area contributed by atoms with Crippen LogP contribution in [0.3, 0.4) is 0 Å². The zero-order valence-electron chi connectivity index (χ0n) is 11.0. The third kappa shape index (κ3) is 2.32. The van der Waals surface area contributed by atoms with Crippen LogP contribution in [-0.2, 0) is 12.7 Å². The first-order valence-electron chi connectivity index (χ1n) is 6.22. The molecule has 1 aliphatic rings. The molecule has 1 aromatic carbocycles. The van der Waals surface area contributed by atoms with E-state index in [2.05, 4.69) is 9.97 Å². The van der Waals surface area contributed by atoms with E-state index in [-0.39, 0.29) is 23.4 Å². The van der Waals surface area contributed by atoms with Gasteiger partial charge in [-0.3, -0.25) is 14.5 Å². The van der Waals surface area contributed by atoms with Gasteiger partial charge in [-0.25, -0.2) is 9.97 Å². The van der Waals surface area contributed by atoms with Crippen LogP contribution in [0, 0.1) is 0 Å². The molecule has 0 atom stereocenters. The fourth-order valence-electron chi connectivity index (χ4n) is 2.17. The molecule has 0 fully saturated rings. The van der Waals surface area contributed by atoms with Crippen molar-refractivity contribution in [2.45, 2.75) is 12.7 Å². The summed E-state index contributed by atoms with van der Waals surface area (Å²) in [6.07, 6.45) is -3.73. The van der Waals surface area contributed by atoms with Crippen LogP contribution in [-0.4, -0.2) is 26.7 Å².